The molecule has 3 nitrogen and oxygen atoms in total. The maximum absolute atomic E-state index is 5.64. The number of benzene rings is 1. The number of halogens is 1. The minimum atomic E-state index is 0.537. The summed E-state index contributed by atoms with van der Waals surface area (Å²) in [7, 11) is 0. The van der Waals surface area contributed by atoms with Gasteiger partial charge in [-0.05, 0) is 29.6 Å². The van der Waals surface area contributed by atoms with Gasteiger partial charge in [0, 0.05) is 10.0 Å². The first-order valence-corrected chi connectivity index (χ1v) is 6.63. The molecule has 17 heavy (non-hydrogen) atoms. The van der Waals surface area contributed by atoms with Crippen molar-refractivity contribution in [3.63, 3.8) is 0 Å². The van der Waals surface area contributed by atoms with Gasteiger partial charge in [-0.2, -0.15) is 0 Å². The molecule has 0 radical (unpaired) electrons. The first kappa shape index (κ1) is 10.7. The SMILES string of the molecule is Brc1cccc(-c2nnc(-c3cccs3)o2)c1. The number of nitrogens with zero attached hydrogens (tertiary/aromatic N) is 2. The lowest BCUT2D eigenvalue weighted by Gasteiger charge is -1.94. The summed E-state index contributed by atoms with van der Waals surface area (Å²) in [4.78, 5) is 0.985. The Labute approximate surface area is 110 Å². The Kier molecular flexibility index (Phi) is 2.78. The fraction of sp³-hybridized carbons (Fsp3) is 0. The van der Waals surface area contributed by atoms with Gasteiger partial charge in [0.05, 0.1) is 4.88 Å². The molecule has 3 rings (SSSR count). The van der Waals surface area contributed by atoms with Crippen LogP contribution in [0.5, 0.6) is 0 Å². The van der Waals surface area contributed by atoms with Crippen molar-refractivity contribution in [1.82, 2.24) is 10.2 Å². The lowest BCUT2D eigenvalue weighted by atomic mass is 10.2. The van der Waals surface area contributed by atoms with Crippen LogP contribution in [-0.2, 0) is 0 Å². The van der Waals surface area contributed by atoms with Crippen LogP contribution in [0.25, 0.3) is 22.2 Å². The third kappa shape index (κ3) is 2.16. The highest BCUT2D eigenvalue weighted by molar-refractivity contribution is 9.10. The summed E-state index contributed by atoms with van der Waals surface area (Å²) in [5.74, 6) is 1.10. The van der Waals surface area contributed by atoms with E-state index in [-0.39, 0.29) is 0 Å². The molecule has 0 aliphatic carbocycles. The molecular weight excluding hydrogens is 300 g/mol. The minimum Gasteiger partial charge on any atom is -0.415 e. The standard InChI is InChI=1S/C12H7BrN2OS/c13-9-4-1-3-8(7-9)11-14-15-12(16-11)10-5-2-6-17-10/h1-7H. The van der Waals surface area contributed by atoms with Gasteiger partial charge >= 0.3 is 0 Å². The Morgan fingerprint density at radius 1 is 1.06 bits per heavy atom. The molecule has 84 valence electrons. The van der Waals surface area contributed by atoms with Gasteiger partial charge in [0.25, 0.3) is 5.89 Å². The molecule has 0 amide bonds. The zero-order chi connectivity index (χ0) is 11.7. The lowest BCUT2D eigenvalue weighted by Crippen LogP contribution is -1.76. The van der Waals surface area contributed by atoms with E-state index in [1.165, 1.54) is 0 Å². The Balaban J connectivity index is 2.01. The quantitative estimate of drug-likeness (QED) is 0.711. The molecular formula is C12H7BrN2OS. The molecule has 0 aliphatic rings. The van der Waals surface area contributed by atoms with Gasteiger partial charge in [-0.1, -0.05) is 28.1 Å². The highest BCUT2D eigenvalue weighted by Gasteiger charge is 2.10. The van der Waals surface area contributed by atoms with E-state index < -0.39 is 0 Å². The van der Waals surface area contributed by atoms with Crippen molar-refractivity contribution in [3.8, 4) is 22.2 Å². The van der Waals surface area contributed by atoms with Gasteiger partial charge in [-0.15, -0.1) is 21.5 Å². The number of thiophene rings is 1. The molecule has 0 unspecified atom stereocenters. The van der Waals surface area contributed by atoms with Crippen LogP contribution in [0.4, 0.5) is 0 Å². The first-order valence-electron chi connectivity index (χ1n) is 4.96. The summed E-state index contributed by atoms with van der Waals surface area (Å²) in [5, 5.41) is 10.1. The summed E-state index contributed by atoms with van der Waals surface area (Å²) >= 11 is 5.00. The van der Waals surface area contributed by atoms with Gasteiger partial charge in [-0.25, -0.2) is 0 Å². The fourth-order valence-electron chi connectivity index (χ4n) is 1.46. The number of hydrogen-bond acceptors (Lipinski definition) is 4. The Hall–Kier alpha value is -1.46. The van der Waals surface area contributed by atoms with E-state index in [4.69, 9.17) is 4.42 Å². The molecule has 0 aliphatic heterocycles. The van der Waals surface area contributed by atoms with Crippen LogP contribution in [-0.4, -0.2) is 10.2 Å². The second kappa shape index (κ2) is 4.43. The van der Waals surface area contributed by atoms with Crippen LogP contribution in [0.2, 0.25) is 0 Å². The number of aromatic nitrogens is 2. The van der Waals surface area contributed by atoms with E-state index in [9.17, 15) is 0 Å². The molecule has 3 aromatic rings. The molecule has 5 heteroatoms. The average Bonchev–Trinajstić information content (AvgIpc) is 3.00. The summed E-state index contributed by atoms with van der Waals surface area (Å²) < 4.78 is 6.63. The van der Waals surface area contributed by atoms with E-state index in [1.807, 2.05) is 41.8 Å². The second-order valence-corrected chi connectivity index (χ2v) is 5.26. The second-order valence-electron chi connectivity index (χ2n) is 3.40. The average molecular weight is 307 g/mol. The maximum atomic E-state index is 5.64. The van der Waals surface area contributed by atoms with E-state index >= 15 is 0 Å². The normalized spacial score (nSPS) is 10.6. The molecule has 2 aromatic heterocycles. The van der Waals surface area contributed by atoms with Crippen LogP contribution in [0.1, 0.15) is 0 Å². The van der Waals surface area contributed by atoms with E-state index in [0.717, 1.165) is 14.9 Å². The predicted molar refractivity (Wildman–Crippen MR) is 70.7 cm³/mol. The zero-order valence-corrected chi connectivity index (χ0v) is 11.0. The van der Waals surface area contributed by atoms with Crippen LogP contribution < -0.4 is 0 Å². The molecule has 0 spiro atoms. The van der Waals surface area contributed by atoms with Gasteiger partial charge in [0.2, 0.25) is 5.89 Å². The Morgan fingerprint density at radius 2 is 1.94 bits per heavy atom. The topological polar surface area (TPSA) is 38.9 Å². The smallest absolute Gasteiger partial charge is 0.258 e. The van der Waals surface area contributed by atoms with Crippen LogP contribution in [0, 0.1) is 0 Å². The fourth-order valence-corrected chi connectivity index (χ4v) is 2.50. The minimum absolute atomic E-state index is 0.537. The van der Waals surface area contributed by atoms with Gasteiger partial charge in [0.15, 0.2) is 0 Å². The Bertz CT molecular complexity index is 634. The summed E-state index contributed by atoms with van der Waals surface area (Å²) in [6.45, 7) is 0. The first-order chi connectivity index (χ1) is 8.33. The van der Waals surface area contributed by atoms with Gasteiger partial charge in [0.1, 0.15) is 0 Å². The van der Waals surface area contributed by atoms with Crippen LogP contribution in [0.3, 0.4) is 0 Å². The largest absolute Gasteiger partial charge is 0.415 e. The van der Waals surface area contributed by atoms with Gasteiger partial charge in [-0.3, -0.25) is 0 Å². The monoisotopic (exact) mass is 306 g/mol. The van der Waals surface area contributed by atoms with Crippen LogP contribution in [0.15, 0.2) is 50.7 Å². The summed E-state index contributed by atoms with van der Waals surface area (Å²) in [6, 6.07) is 11.7. The van der Waals surface area contributed by atoms with Gasteiger partial charge < -0.3 is 4.42 Å². The maximum Gasteiger partial charge on any atom is 0.258 e. The molecule has 0 atom stereocenters. The van der Waals surface area contributed by atoms with E-state index in [1.54, 1.807) is 11.3 Å². The molecule has 0 N–H and O–H groups in total. The molecule has 2 heterocycles. The summed E-state index contributed by atoms with van der Waals surface area (Å²) in [5.41, 5.74) is 0.912. The highest BCUT2D eigenvalue weighted by atomic mass is 79.9. The molecule has 0 saturated carbocycles. The lowest BCUT2D eigenvalue weighted by molar-refractivity contribution is 0.586. The number of rotatable bonds is 2. The van der Waals surface area contributed by atoms with Crippen molar-refractivity contribution < 1.29 is 4.42 Å². The van der Waals surface area contributed by atoms with Crippen molar-refractivity contribution in [2.45, 2.75) is 0 Å². The van der Waals surface area contributed by atoms with Crippen LogP contribution >= 0.6 is 27.3 Å². The van der Waals surface area contributed by atoms with Crippen molar-refractivity contribution in [1.29, 1.82) is 0 Å². The molecule has 1 aromatic carbocycles. The third-order valence-corrected chi connectivity index (χ3v) is 3.58. The van der Waals surface area contributed by atoms with Crippen molar-refractivity contribution in [3.05, 3.63) is 46.3 Å². The predicted octanol–water partition coefficient (Wildman–Crippen LogP) is 4.23. The summed E-state index contributed by atoms with van der Waals surface area (Å²) in [6.07, 6.45) is 0. The third-order valence-electron chi connectivity index (χ3n) is 2.23. The molecule has 0 fully saturated rings. The van der Waals surface area contributed by atoms with Crippen molar-refractivity contribution in [2.75, 3.05) is 0 Å². The zero-order valence-electron chi connectivity index (χ0n) is 8.63. The highest BCUT2D eigenvalue weighted by Crippen LogP contribution is 2.27. The Morgan fingerprint density at radius 3 is 2.71 bits per heavy atom. The number of hydrogen-bond donors (Lipinski definition) is 0. The molecule has 0 saturated heterocycles. The van der Waals surface area contributed by atoms with E-state index in [0.29, 0.717) is 11.8 Å². The molecule has 0 bridgehead atoms. The van der Waals surface area contributed by atoms with Crippen molar-refractivity contribution in [2.24, 2.45) is 0 Å². The van der Waals surface area contributed by atoms with Crippen molar-refractivity contribution >= 4 is 27.3 Å². The van der Waals surface area contributed by atoms with E-state index in [2.05, 4.69) is 26.1 Å².